The third-order valence-electron chi connectivity index (χ3n) is 4.07. The van der Waals surface area contributed by atoms with Gasteiger partial charge in [-0.25, -0.2) is 23.5 Å². The summed E-state index contributed by atoms with van der Waals surface area (Å²) >= 11 is 0. The molecular weight excluding hydrogens is 362 g/mol. The highest BCUT2D eigenvalue weighted by Crippen LogP contribution is 2.20. The quantitative estimate of drug-likeness (QED) is 0.645. The van der Waals surface area contributed by atoms with Gasteiger partial charge in [0.25, 0.3) is 0 Å². The normalized spacial score (nSPS) is 11.9. The Balaban J connectivity index is 1.74. The summed E-state index contributed by atoms with van der Waals surface area (Å²) in [4.78, 5) is 11.4. The molecule has 0 fully saturated rings. The van der Waals surface area contributed by atoms with Gasteiger partial charge in [0, 0.05) is 11.9 Å². The van der Waals surface area contributed by atoms with E-state index in [1.54, 1.807) is 12.1 Å². The second-order valence-electron chi connectivity index (χ2n) is 6.61. The average molecular weight is 385 g/mol. The number of nitrogens with two attached hydrogens (primary N) is 1. The summed E-state index contributed by atoms with van der Waals surface area (Å²) in [6, 6.07) is 14.5. The van der Waals surface area contributed by atoms with E-state index in [9.17, 15) is 8.42 Å². The van der Waals surface area contributed by atoms with Crippen LogP contribution < -0.4 is 10.5 Å². The van der Waals surface area contributed by atoms with Crippen molar-refractivity contribution >= 4 is 26.7 Å². The number of benzene rings is 2. The zero-order valence-electron chi connectivity index (χ0n) is 15.4. The fourth-order valence-corrected chi connectivity index (χ4v) is 3.30. The van der Waals surface area contributed by atoms with Crippen molar-refractivity contribution in [1.29, 1.82) is 0 Å². The van der Waals surface area contributed by atoms with Gasteiger partial charge in [0.1, 0.15) is 11.6 Å². The molecule has 0 aliphatic rings. The number of hydrogen-bond donors (Lipinski definition) is 2. The number of sulfonamides is 1. The molecule has 1 aromatic heterocycles. The number of anilines is 1. The Labute approximate surface area is 159 Å². The minimum Gasteiger partial charge on any atom is -0.369 e. The number of rotatable bonds is 7. The Morgan fingerprint density at radius 2 is 1.74 bits per heavy atom. The molecule has 0 atom stereocenters. The number of hydrogen-bond acceptors (Lipinski definition) is 6. The van der Waals surface area contributed by atoms with Crippen LogP contribution in [-0.2, 0) is 23.0 Å². The van der Waals surface area contributed by atoms with Crippen molar-refractivity contribution in [3.8, 4) is 0 Å². The molecule has 7 nitrogen and oxygen atoms in total. The Bertz CT molecular complexity index is 1030. The van der Waals surface area contributed by atoms with Gasteiger partial charge < -0.3 is 10.2 Å². The molecule has 0 amide bonds. The predicted octanol–water partition coefficient (Wildman–Crippen LogP) is 1.99. The van der Waals surface area contributed by atoms with Crippen molar-refractivity contribution in [3.63, 3.8) is 0 Å². The van der Waals surface area contributed by atoms with Crippen molar-refractivity contribution < 1.29 is 8.42 Å². The lowest BCUT2D eigenvalue weighted by molar-refractivity contribution is 0.391. The third kappa shape index (κ3) is 5.00. The Kier molecular flexibility index (Phi) is 5.69. The molecule has 2 aromatic carbocycles. The van der Waals surface area contributed by atoms with Gasteiger partial charge in [-0.15, -0.1) is 0 Å². The maximum absolute atomic E-state index is 11.3. The fourth-order valence-electron chi connectivity index (χ4n) is 2.78. The number of aromatic nitrogens is 2. The Morgan fingerprint density at radius 1 is 1.04 bits per heavy atom. The van der Waals surface area contributed by atoms with Crippen molar-refractivity contribution in [2.45, 2.75) is 17.9 Å². The number of para-hydroxylation sites is 1. The van der Waals surface area contributed by atoms with Crippen LogP contribution in [0.15, 0.2) is 53.4 Å². The largest absolute Gasteiger partial charge is 0.369 e. The lowest BCUT2D eigenvalue weighted by atomic mass is 10.1. The maximum Gasteiger partial charge on any atom is 0.238 e. The second kappa shape index (κ2) is 7.99. The zero-order chi connectivity index (χ0) is 19.4. The maximum atomic E-state index is 11.3. The predicted molar refractivity (Wildman–Crippen MR) is 107 cm³/mol. The summed E-state index contributed by atoms with van der Waals surface area (Å²) in [5.74, 6) is 1.57. The number of nitrogens with one attached hydrogen (secondary N) is 1. The van der Waals surface area contributed by atoms with E-state index in [4.69, 9.17) is 5.14 Å². The van der Waals surface area contributed by atoms with Gasteiger partial charge in [-0.3, -0.25) is 0 Å². The van der Waals surface area contributed by atoms with E-state index in [1.165, 1.54) is 12.1 Å². The van der Waals surface area contributed by atoms with E-state index in [0.29, 0.717) is 13.1 Å². The first-order valence-electron chi connectivity index (χ1n) is 8.59. The van der Waals surface area contributed by atoms with Crippen molar-refractivity contribution in [2.75, 3.05) is 26.0 Å². The molecule has 0 aliphatic carbocycles. The summed E-state index contributed by atoms with van der Waals surface area (Å²) < 4.78 is 22.6. The topological polar surface area (TPSA) is 101 Å². The Hall–Kier alpha value is -2.55. The van der Waals surface area contributed by atoms with Crippen LogP contribution in [0, 0.1) is 0 Å². The van der Waals surface area contributed by atoms with Crippen LogP contribution in [0.1, 0.15) is 11.4 Å². The molecule has 8 heteroatoms. The average Bonchev–Trinajstić information content (AvgIpc) is 2.61. The van der Waals surface area contributed by atoms with Crippen molar-refractivity contribution in [3.05, 3.63) is 59.9 Å². The first-order valence-corrected chi connectivity index (χ1v) is 10.1. The fraction of sp³-hybridized carbons (Fsp3) is 0.263. The molecule has 0 aliphatic heterocycles. The zero-order valence-corrected chi connectivity index (χ0v) is 16.2. The lowest BCUT2D eigenvalue weighted by Crippen LogP contribution is -2.15. The van der Waals surface area contributed by atoms with Gasteiger partial charge >= 0.3 is 0 Å². The highest BCUT2D eigenvalue weighted by Gasteiger charge is 2.09. The SMILES string of the molecule is CN(C)Cc1nc(NCCc2ccc(S(N)(=O)=O)cc2)c2ccccc2n1. The van der Waals surface area contributed by atoms with Crippen LogP contribution in [0.25, 0.3) is 10.9 Å². The molecule has 3 rings (SSSR count). The number of fused-ring (bicyclic) bond motifs is 1. The standard InChI is InChI=1S/C19H23N5O2S/c1-24(2)13-18-22-17-6-4-3-5-16(17)19(23-18)21-12-11-14-7-9-15(10-8-14)27(20,25)26/h3-10H,11-13H2,1-2H3,(H2,20,25,26)(H,21,22,23). The summed E-state index contributed by atoms with van der Waals surface area (Å²) in [6.07, 6.45) is 0.728. The summed E-state index contributed by atoms with van der Waals surface area (Å²) in [5.41, 5.74) is 1.92. The molecule has 27 heavy (non-hydrogen) atoms. The van der Waals surface area contributed by atoms with E-state index in [0.717, 1.165) is 34.5 Å². The number of primary sulfonamides is 1. The minimum atomic E-state index is -3.66. The molecule has 0 unspecified atom stereocenters. The first kappa shape index (κ1) is 19.2. The molecule has 0 radical (unpaired) electrons. The van der Waals surface area contributed by atoms with Crippen LogP contribution in [0.4, 0.5) is 5.82 Å². The van der Waals surface area contributed by atoms with Gasteiger partial charge in [0.05, 0.1) is 17.0 Å². The lowest BCUT2D eigenvalue weighted by Gasteiger charge is -2.13. The molecule has 0 bridgehead atoms. The van der Waals surface area contributed by atoms with Gasteiger partial charge in [0.2, 0.25) is 10.0 Å². The van der Waals surface area contributed by atoms with Crippen LogP contribution in [0.2, 0.25) is 0 Å². The molecule has 1 heterocycles. The van der Waals surface area contributed by atoms with Crippen molar-refractivity contribution in [2.24, 2.45) is 5.14 Å². The first-order chi connectivity index (χ1) is 12.8. The second-order valence-corrected chi connectivity index (χ2v) is 8.17. The van der Waals surface area contributed by atoms with E-state index >= 15 is 0 Å². The summed E-state index contributed by atoms with van der Waals surface area (Å²) in [7, 11) is 0.307. The smallest absolute Gasteiger partial charge is 0.238 e. The molecular formula is C19H23N5O2S. The Morgan fingerprint density at radius 3 is 2.41 bits per heavy atom. The summed E-state index contributed by atoms with van der Waals surface area (Å²) in [5, 5.41) is 9.49. The molecule has 3 N–H and O–H groups in total. The van der Waals surface area contributed by atoms with Gasteiger partial charge in [-0.2, -0.15) is 0 Å². The molecule has 0 saturated heterocycles. The van der Waals surface area contributed by atoms with E-state index in [-0.39, 0.29) is 4.90 Å². The summed E-state index contributed by atoms with van der Waals surface area (Å²) in [6.45, 7) is 1.33. The van der Waals surface area contributed by atoms with E-state index in [2.05, 4.69) is 15.3 Å². The molecule has 142 valence electrons. The minimum absolute atomic E-state index is 0.120. The number of nitrogens with zero attached hydrogens (tertiary/aromatic N) is 3. The van der Waals surface area contributed by atoms with Crippen LogP contribution in [0.5, 0.6) is 0 Å². The highest BCUT2D eigenvalue weighted by atomic mass is 32.2. The van der Waals surface area contributed by atoms with E-state index in [1.807, 2.05) is 43.3 Å². The highest BCUT2D eigenvalue weighted by molar-refractivity contribution is 7.89. The van der Waals surface area contributed by atoms with Crippen molar-refractivity contribution in [1.82, 2.24) is 14.9 Å². The van der Waals surface area contributed by atoms with Gasteiger partial charge in [-0.05, 0) is 50.3 Å². The van der Waals surface area contributed by atoms with Crippen LogP contribution in [-0.4, -0.2) is 43.9 Å². The third-order valence-corrected chi connectivity index (χ3v) is 4.99. The molecule has 0 spiro atoms. The van der Waals surface area contributed by atoms with Gasteiger partial charge in [-0.1, -0.05) is 24.3 Å². The van der Waals surface area contributed by atoms with E-state index < -0.39 is 10.0 Å². The van der Waals surface area contributed by atoms with Crippen LogP contribution in [0.3, 0.4) is 0 Å². The molecule has 3 aromatic rings. The monoisotopic (exact) mass is 385 g/mol. The van der Waals surface area contributed by atoms with Gasteiger partial charge in [0.15, 0.2) is 0 Å². The van der Waals surface area contributed by atoms with Crippen LogP contribution >= 0.6 is 0 Å². The molecule has 0 saturated carbocycles.